The number of halogens is 1. The number of likely N-dealkylation sites (tertiary alicyclic amines) is 1. The zero-order valence-corrected chi connectivity index (χ0v) is 7.10. The third-order valence-corrected chi connectivity index (χ3v) is 1.78. The zero-order chi connectivity index (χ0) is 7.33. The summed E-state index contributed by atoms with van der Waals surface area (Å²) in [5.74, 6) is 0. The molecule has 1 N–H and O–H groups in total. The molecule has 0 spiro atoms. The minimum atomic E-state index is 0. The minimum Gasteiger partial charge on any atom is -1.00 e. The van der Waals surface area contributed by atoms with E-state index >= 15 is 0 Å². The van der Waals surface area contributed by atoms with E-state index in [0.29, 0.717) is 0 Å². The Hall–Kier alpha value is -0.150. The van der Waals surface area contributed by atoms with Crippen LogP contribution >= 0.6 is 0 Å². The molecular weight excluding hydrogens is 133 g/mol. The number of nitrogens with zero attached hydrogens (tertiary/aromatic N) is 1. The zero-order valence-electron chi connectivity index (χ0n) is 7.10. The van der Waals surface area contributed by atoms with Gasteiger partial charge in [-0.2, -0.15) is 0 Å². The molecule has 0 radical (unpaired) electrons. The molecule has 1 heterocycles. The average Bonchev–Trinajstić information content (AvgIpc) is 2.19. The monoisotopic (exact) mass is 151 g/mol. The van der Waals surface area contributed by atoms with E-state index in [-0.39, 0.29) is 4.70 Å². The summed E-state index contributed by atoms with van der Waals surface area (Å²) < 4.78 is 1.25. The minimum absolute atomic E-state index is 0. The molecule has 1 aliphatic heterocycles. The van der Waals surface area contributed by atoms with Crippen molar-refractivity contribution in [3.63, 3.8) is 0 Å². The van der Waals surface area contributed by atoms with Crippen molar-refractivity contribution < 1.29 is 14.3 Å². The van der Waals surface area contributed by atoms with Gasteiger partial charge < -0.3 is 14.3 Å². The molecule has 3 heteroatoms. The molecule has 0 atom stereocenters. The predicted octanol–water partition coefficient (Wildman–Crippen LogP) is -2.53. The third kappa shape index (κ3) is 4.70. The number of aliphatic hydroxyl groups excluding tert-OH is 1. The van der Waals surface area contributed by atoms with E-state index in [1.807, 2.05) is 0 Å². The van der Waals surface area contributed by atoms with Gasteiger partial charge in [0.25, 0.3) is 0 Å². The Morgan fingerprint density at radius 3 is 1.40 bits per heavy atom. The molecule has 0 amide bonds. The number of hydrogen-bond acceptors (Lipinski definition) is 1. The largest absolute Gasteiger partial charge is 1.00 e. The molecule has 10 heavy (non-hydrogen) atoms. The van der Waals surface area contributed by atoms with Crippen LogP contribution in [0.3, 0.4) is 0 Å². The maximum atomic E-state index is 7.00. The summed E-state index contributed by atoms with van der Waals surface area (Å²) in [5.41, 5.74) is 0. The second-order valence-electron chi connectivity index (χ2n) is 3.09. The summed E-state index contributed by atoms with van der Waals surface area (Å²) in [6, 6.07) is 0. The molecule has 64 valence electrons. The van der Waals surface area contributed by atoms with Crippen LogP contribution in [0.4, 0.5) is 0 Å². The van der Waals surface area contributed by atoms with Gasteiger partial charge in [0, 0.05) is 20.0 Å². The van der Waals surface area contributed by atoms with Crippen molar-refractivity contribution >= 4 is 0 Å². The van der Waals surface area contributed by atoms with Crippen LogP contribution in [0.15, 0.2) is 0 Å². The fourth-order valence-corrected chi connectivity index (χ4v) is 1.19. The van der Waals surface area contributed by atoms with E-state index in [2.05, 4.69) is 14.1 Å². The van der Waals surface area contributed by atoms with E-state index in [4.69, 9.17) is 5.11 Å². The number of hydrogen-bond donors (Lipinski definition) is 1. The van der Waals surface area contributed by atoms with Crippen molar-refractivity contribution in [3.05, 3.63) is 0 Å². The first-order valence-corrected chi connectivity index (χ1v) is 3.47. The number of rotatable bonds is 0. The Labute approximate surface area is 62.4 Å². The van der Waals surface area contributed by atoms with Crippen LogP contribution in [0, 0.1) is 0 Å². The summed E-state index contributed by atoms with van der Waals surface area (Å²) in [7, 11) is 5.60. The van der Waals surface area contributed by atoms with Gasteiger partial charge in [-0.3, -0.25) is 0 Å². The topological polar surface area (TPSA) is 20.2 Å². The molecule has 0 bridgehead atoms. The lowest BCUT2D eigenvalue weighted by atomic mass is 10.4. The first-order valence-electron chi connectivity index (χ1n) is 3.47. The number of quaternary nitrogens is 1. The van der Waals surface area contributed by atoms with Crippen molar-refractivity contribution in [2.75, 3.05) is 34.3 Å². The van der Waals surface area contributed by atoms with E-state index < -0.39 is 0 Å². The summed E-state index contributed by atoms with van der Waals surface area (Å²) in [6.07, 6.45) is 2.88. The molecule has 0 aromatic carbocycles. The van der Waals surface area contributed by atoms with Crippen molar-refractivity contribution in [1.82, 2.24) is 0 Å². The lowest BCUT2D eigenvalue weighted by Gasteiger charge is -2.21. The van der Waals surface area contributed by atoms with Crippen LogP contribution in [0.25, 0.3) is 0 Å². The second kappa shape index (κ2) is 5.62. The van der Waals surface area contributed by atoms with Crippen LogP contribution in [-0.2, 0) is 0 Å². The molecular formula is C7H18FNO. The standard InChI is InChI=1S/C6H14N.CH4O.FH/c1-7(2)5-3-4-6-7;1-2;/h3-6H2,1-2H3;2H,1H3;1H/q+1;;/p-1. The Morgan fingerprint density at radius 1 is 1.00 bits per heavy atom. The molecule has 1 rings (SSSR count). The first kappa shape index (κ1) is 12.5. The molecule has 0 saturated carbocycles. The highest BCUT2D eigenvalue weighted by molar-refractivity contribution is 4.46. The second-order valence-corrected chi connectivity index (χ2v) is 3.09. The highest BCUT2D eigenvalue weighted by atomic mass is 19.0. The lowest BCUT2D eigenvalue weighted by molar-refractivity contribution is -0.877. The fraction of sp³-hybridized carbons (Fsp3) is 1.00. The van der Waals surface area contributed by atoms with Gasteiger partial charge in [0.15, 0.2) is 0 Å². The Kier molecular flexibility index (Phi) is 7.04. The van der Waals surface area contributed by atoms with Gasteiger partial charge in [-0.25, -0.2) is 0 Å². The molecule has 1 saturated heterocycles. The van der Waals surface area contributed by atoms with Gasteiger partial charge in [-0.1, -0.05) is 0 Å². The summed E-state index contributed by atoms with van der Waals surface area (Å²) >= 11 is 0. The van der Waals surface area contributed by atoms with Crippen molar-refractivity contribution in [2.45, 2.75) is 12.8 Å². The smallest absolute Gasteiger partial charge is 0.0784 e. The summed E-state index contributed by atoms with van der Waals surface area (Å²) in [4.78, 5) is 0. The molecule has 0 aromatic rings. The van der Waals surface area contributed by atoms with Crippen molar-refractivity contribution in [2.24, 2.45) is 0 Å². The average molecular weight is 151 g/mol. The van der Waals surface area contributed by atoms with Gasteiger partial charge in [0.1, 0.15) is 0 Å². The van der Waals surface area contributed by atoms with E-state index in [9.17, 15) is 0 Å². The normalized spacial score (nSPS) is 20.4. The van der Waals surface area contributed by atoms with Crippen LogP contribution in [0.1, 0.15) is 12.8 Å². The maximum Gasteiger partial charge on any atom is 0.0784 e. The predicted molar refractivity (Wildman–Crippen MR) is 39.2 cm³/mol. The van der Waals surface area contributed by atoms with Gasteiger partial charge >= 0.3 is 0 Å². The third-order valence-electron chi connectivity index (χ3n) is 1.78. The molecule has 0 aliphatic carbocycles. The maximum absolute atomic E-state index is 7.00. The SMILES string of the molecule is CO.C[N+]1(C)CCCC1.[F-]. The molecule has 0 unspecified atom stereocenters. The molecule has 2 nitrogen and oxygen atoms in total. The van der Waals surface area contributed by atoms with Gasteiger partial charge in [-0.05, 0) is 0 Å². The Bertz CT molecular complexity index is 68.0. The van der Waals surface area contributed by atoms with Crippen LogP contribution in [-0.4, -0.2) is 43.9 Å². The van der Waals surface area contributed by atoms with Gasteiger partial charge in [-0.15, -0.1) is 0 Å². The fourth-order valence-electron chi connectivity index (χ4n) is 1.19. The summed E-state index contributed by atoms with van der Waals surface area (Å²) in [6.45, 7) is 2.78. The van der Waals surface area contributed by atoms with E-state index in [0.717, 1.165) is 7.11 Å². The van der Waals surface area contributed by atoms with E-state index in [1.165, 1.54) is 30.4 Å². The molecule has 0 aromatic heterocycles. The van der Waals surface area contributed by atoms with E-state index in [1.54, 1.807) is 0 Å². The lowest BCUT2D eigenvalue weighted by Crippen LogP contribution is -3.00. The van der Waals surface area contributed by atoms with Crippen LogP contribution in [0.2, 0.25) is 0 Å². The highest BCUT2D eigenvalue weighted by Crippen LogP contribution is 2.11. The van der Waals surface area contributed by atoms with Crippen molar-refractivity contribution in [1.29, 1.82) is 0 Å². The molecule has 1 fully saturated rings. The Morgan fingerprint density at radius 2 is 1.30 bits per heavy atom. The quantitative estimate of drug-likeness (QED) is 0.379. The van der Waals surface area contributed by atoms with Gasteiger partial charge in [0.05, 0.1) is 27.2 Å². The summed E-state index contributed by atoms with van der Waals surface area (Å²) in [5, 5.41) is 7.00. The Balaban J connectivity index is 0. The van der Waals surface area contributed by atoms with Gasteiger partial charge in [0.2, 0.25) is 0 Å². The van der Waals surface area contributed by atoms with Crippen molar-refractivity contribution in [3.8, 4) is 0 Å². The first-order chi connectivity index (χ1) is 4.21. The highest BCUT2D eigenvalue weighted by Gasteiger charge is 2.19. The van der Waals surface area contributed by atoms with Crippen LogP contribution in [0.5, 0.6) is 0 Å². The van der Waals surface area contributed by atoms with Crippen LogP contribution < -0.4 is 4.70 Å². The molecule has 1 aliphatic rings. The number of aliphatic hydroxyl groups is 1.